The Bertz CT molecular complexity index is 461. The van der Waals surface area contributed by atoms with Gasteiger partial charge in [-0.25, -0.2) is 0 Å². The van der Waals surface area contributed by atoms with Gasteiger partial charge in [0.25, 0.3) is 0 Å². The minimum Gasteiger partial charge on any atom is -0.480 e. The van der Waals surface area contributed by atoms with E-state index < -0.39 is 5.97 Å². The first-order chi connectivity index (χ1) is 7.58. The molecule has 3 nitrogen and oxygen atoms in total. The van der Waals surface area contributed by atoms with Crippen LogP contribution < -0.4 is 4.90 Å². The number of halogens is 1. The summed E-state index contributed by atoms with van der Waals surface area (Å²) in [6, 6.07) is 5.45. The Morgan fingerprint density at radius 2 is 2.25 bits per heavy atom. The standard InChI is InChI=1S/C11H10ClNO2S/c12-8-2-3-9-7(5-8)1-4-10(16)13(9)6-11(14)15/h2-3,5H,1,4,6H2,(H,14,15). The summed E-state index contributed by atoms with van der Waals surface area (Å²) in [5, 5.41) is 9.50. The van der Waals surface area contributed by atoms with Gasteiger partial charge in [-0.05, 0) is 30.2 Å². The van der Waals surface area contributed by atoms with E-state index in [1.54, 1.807) is 11.0 Å². The van der Waals surface area contributed by atoms with Crippen LogP contribution in [0.4, 0.5) is 5.69 Å². The number of nitrogens with zero attached hydrogens (tertiary/aromatic N) is 1. The highest BCUT2D eigenvalue weighted by atomic mass is 35.5. The predicted octanol–water partition coefficient (Wildman–Crippen LogP) is 2.50. The zero-order chi connectivity index (χ0) is 11.7. The molecule has 0 unspecified atom stereocenters. The van der Waals surface area contributed by atoms with Crippen molar-refractivity contribution in [2.75, 3.05) is 11.4 Å². The molecule has 1 aliphatic rings. The molecule has 84 valence electrons. The van der Waals surface area contributed by atoms with Crippen molar-refractivity contribution in [3.05, 3.63) is 28.8 Å². The van der Waals surface area contributed by atoms with Crippen LogP contribution in [0.2, 0.25) is 5.02 Å². The normalized spacial score (nSPS) is 14.8. The van der Waals surface area contributed by atoms with Crippen molar-refractivity contribution in [2.45, 2.75) is 12.8 Å². The molecule has 1 aromatic carbocycles. The number of carboxylic acid groups (broad SMARTS) is 1. The fourth-order valence-corrected chi connectivity index (χ4v) is 2.30. The number of aryl methyl sites for hydroxylation is 1. The average Bonchev–Trinajstić information content (AvgIpc) is 2.22. The molecular formula is C11H10ClNO2S. The first-order valence-corrected chi connectivity index (χ1v) is 5.67. The van der Waals surface area contributed by atoms with Crippen LogP contribution in [-0.2, 0) is 11.2 Å². The van der Waals surface area contributed by atoms with Crippen molar-refractivity contribution in [1.82, 2.24) is 0 Å². The van der Waals surface area contributed by atoms with E-state index in [0.29, 0.717) is 16.4 Å². The van der Waals surface area contributed by atoms with Crippen LogP contribution in [0.15, 0.2) is 18.2 Å². The van der Waals surface area contributed by atoms with Crippen molar-refractivity contribution in [3.63, 3.8) is 0 Å². The molecule has 0 radical (unpaired) electrons. The Labute approximate surface area is 104 Å². The Morgan fingerprint density at radius 3 is 2.94 bits per heavy atom. The first kappa shape index (κ1) is 11.4. The number of anilines is 1. The average molecular weight is 256 g/mol. The number of benzene rings is 1. The molecule has 0 aromatic heterocycles. The number of hydrogen-bond acceptors (Lipinski definition) is 2. The Hall–Kier alpha value is -1.13. The van der Waals surface area contributed by atoms with Crippen LogP contribution in [0.3, 0.4) is 0 Å². The largest absolute Gasteiger partial charge is 0.480 e. The summed E-state index contributed by atoms with van der Waals surface area (Å²) in [4.78, 5) is 13.1. The van der Waals surface area contributed by atoms with Gasteiger partial charge in [0.2, 0.25) is 0 Å². The molecule has 1 aliphatic heterocycles. The number of carbonyl (C=O) groups is 1. The molecule has 1 N–H and O–H groups in total. The molecule has 1 heterocycles. The van der Waals surface area contributed by atoms with Crippen LogP contribution in [0.1, 0.15) is 12.0 Å². The summed E-state index contributed by atoms with van der Waals surface area (Å²) in [6.07, 6.45) is 1.53. The Balaban J connectivity index is 2.40. The van der Waals surface area contributed by atoms with Gasteiger partial charge >= 0.3 is 5.97 Å². The SMILES string of the molecule is O=C(O)CN1C(=S)CCc2cc(Cl)ccc21. The lowest BCUT2D eigenvalue weighted by Crippen LogP contribution is -2.37. The minimum absolute atomic E-state index is 0.0898. The molecule has 5 heteroatoms. The predicted molar refractivity (Wildman–Crippen MR) is 67.4 cm³/mol. The molecule has 2 rings (SSSR count). The van der Waals surface area contributed by atoms with Crippen LogP contribution in [-0.4, -0.2) is 22.6 Å². The quantitative estimate of drug-likeness (QED) is 0.825. The zero-order valence-corrected chi connectivity index (χ0v) is 10.0. The van der Waals surface area contributed by atoms with Crippen molar-refractivity contribution in [2.24, 2.45) is 0 Å². The van der Waals surface area contributed by atoms with E-state index in [2.05, 4.69) is 0 Å². The molecule has 0 amide bonds. The fourth-order valence-electron chi connectivity index (χ4n) is 1.84. The van der Waals surface area contributed by atoms with E-state index >= 15 is 0 Å². The molecule has 0 saturated carbocycles. The van der Waals surface area contributed by atoms with Gasteiger partial charge in [0.15, 0.2) is 0 Å². The monoisotopic (exact) mass is 255 g/mol. The fraction of sp³-hybridized carbons (Fsp3) is 0.273. The number of aliphatic carboxylic acids is 1. The third kappa shape index (κ3) is 2.18. The summed E-state index contributed by atoms with van der Waals surface area (Å²) in [7, 11) is 0. The smallest absolute Gasteiger partial charge is 0.323 e. The van der Waals surface area contributed by atoms with E-state index in [9.17, 15) is 4.79 Å². The van der Waals surface area contributed by atoms with Crippen LogP contribution in [0.5, 0.6) is 0 Å². The Morgan fingerprint density at radius 1 is 1.50 bits per heavy atom. The van der Waals surface area contributed by atoms with E-state index in [1.807, 2.05) is 12.1 Å². The second-order valence-corrected chi connectivity index (χ2v) is 4.55. The molecule has 0 bridgehead atoms. The lowest BCUT2D eigenvalue weighted by molar-refractivity contribution is -0.135. The summed E-state index contributed by atoms with van der Waals surface area (Å²) < 4.78 is 0. The molecule has 0 aliphatic carbocycles. The molecule has 0 atom stereocenters. The molecule has 16 heavy (non-hydrogen) atoms. The zero-order valence-electron chi connectivity index (χ0n) is 8.44. The molecule has 0 fully saturated rings. The molecule has 0 spiro atoms. The lowest BCUT2D eigenvalue weighted by atomic mass is 10.0. The maximum absolute atomic E-state index is 10.8. The van der Waals surface area contributed by atoms with Crippen molar-refractivity contribution in [1.29, 1.82) is 0 Å². The molecule has 0 saturated heterocycles. The summed E-state index contributed by atoms with van der Waals surface area (Å²) in [5.74, 6) is -0.884. The number of rotatable bonds is 2. The lowest BCUT2D eigenvalue weighted by Gasteiger charge is -2.30. The van der Waals surface area contributed by atoms with Crippen LogP contribution in [0, 0.1) is 0 Å². The highest BCUT2D eigenvalue weighted by Gasteiger charge is 2.23. The first-order valence-electron chi connectivity index (χ1n) is 4.88. The third-order valence-corrected chi connectivity index (χ3v) is 3.19. The third-order valence-electron chi connectivity index (χ3n) is 2.53. The highest BCUT2D eigenvalue weighted by molar-refractivity contribution is 7.80. The second kappa shape index (κ2) is 4.39. The van der Waals surface area contributed by atoms with Gasteiger partial charge in [-0.2, -0.15) is 0 Å². The van der Waals surface area contributed by atoms with Gasteiger partial charge < -0.3 is 10.0 Å². The summed E-state index contributed by atoms with van der Waals surface area (Å²) >= 11 is 11.1. The van der Waals surface area contributed by atoms with Crippen molar-refractivity contribution >= 4 is 40.5 Å². The van der Waals surface area contributed by atoms with Crippen molar-refractivity contribution < 1.29 is 9.90 Å². The maximum atomic E-state index is 10.8. The highest BCUT2D eigenvalue weighted by Crippen LogP contribution is 2.30. The van der Waals surface area contributed by atoms with Gasteiger partial charge in [0.05, 0.1) is 4.99 Å². The summed E-state index contributed by atoms with van der Waals surface area (Å²) in [6.45, 7) is -0.0898. The number of carboxylic acids is 1. The van der Waals surface area contributed by atoms with Gasteiger partial charge in [0, 0.05) is 17.1 Å². The number of thiocarbonyl (C=S) groups is 1. The number of fused-ring (bicyclic) bond motifs is 1. The van der Waals surface area contributed by atoms with E-state index in [-0.39, 0.29) is 6.54 Å². The van der Waals surface area contributed by atoms with Crippen LogP contribution >= 0.6 is 23.8 Å². The van der Waals surface area contributed by atoms with Gasteiger partial charge in [-0.1, -0.05) is 23.8 Å². The summed E-state index contributed by atoms with van der Waals surface area (Å²) in [5.41, 5.74) is 1.92. The van der Waals surface area contributed by atoms with Crippen molar-refractivity contribution in [3.8, 4) is 0 Å². The maximum Gasteiger partial charge on any atom is 0.323 e. The topological polar surface area (TPSA) is 40.5 Å². The Kier molecular flexibility index (Phi) is 3.12. The van der Waals surface area contributed by atoms with Gasteiger partial charge in [0.1, 0.15) is 6.54 Å². The molecular weight excluding hydrogens is 246 g/mol. The van der Waals surface area contributed by atoms with Gasteiger partial charge in [-0.15, -0.1) is 0 Å². The van der Waals surface area contributed by atoms with E-state index in [0.717, 1.165) is 17.7 Å². The van der Waals surface area contributed by atoms with Gasteiger partial charge in [-0.3, -0.25) is 4.79 Å². The van der Waals surface area contributed by atoms with Crippen LogP contribution in [0.25, 0.3) is 0 Å². The minimum atomic E-state index is -0.884. The molecule has 1 aromatic rings. The van der Waals surface area contributed by atoms with E-state index in [1.165, 1.54) is 0 Å². The van der Waals surface area contributed by atoms with E-state index in [4.69, 9.17) is 28.9 Å². The second-order valence-electron chi connectivity index (χ2n) is 3.65. The number of hydrogen-bond donors (Lipinski definition) is 1.